The van der Waals surface area contributed by atoms with Crippen LogP contribution in [0.2, 0.25) is 0 Å². The summed E-state index contributed by atoms with van der Waals surface area (Å²) in [4.78, 5) is 15.1. The third kappa shape index (κ3) is 6.77. The Balaban J connectivity index is 2.31. The molecule has 0 aromatic heterocycles. The van der Waals surface area contributed by atoms with Crippen molar-refractivity contribution in [2.75, 3.05) is 32.7 Å². The monoisotopic (exact) mass is 282 g/mol. The van der Waals surface area contributed by atoms with Crippen molar-refractivity contribution in [1.29, 1.82) is 0 Å². The van der Waals surface area contributed by atoms with Gasteiger partial charge in [0.1, 0.15) is 0 Å². The fourth-order valence-electron chi connectivity index (χ4n) is 2.11. The number of β-amino-alcohol motifs (C(OH)–C–C–N with tert-alkyl or cyclic N) is 1. The average Bonchev–Trinajstić information content (AvgIpc) is 2.23. The van der Waals surface area contributed by atoms with Crippen LogP contribution < -0.4 is 0 Å². The average molecular weight is 282 g/mol. The fourth-order valence-corrected chi connectivity index (χ4v) is 2.11. The summed E-state index contributed by atoms with van der Waals surface area (Å²) in [6, 6.07) is 0. The molecule has 1 saturated heterocycles. The van der Waals surface area contributed by atoms with E-state index in [9.17, 15) is 23.1 Å². The lowest BCUT2D eigenvalue weighted by atomic mass is 10.1. The van der Waals surface area contributed by atoms with E-state index in [1.807, 2.05) is 4.90 Å². The minimum Gasteiger partial charge on any atom is -0.389 e. The van der Waals surface area contributed by atoms with Crippen LogP contribution in [0, 0.1) is 0 Å². The molecule has 0 aromatic rings. The fraction of sp³-hybridized carbons (Fsp3) is 0.917. The molecule has 1 amide bonds. The summed E-state index contributed by atoms with van der Waals surface area (Å²) in [6.45, 7) is 5.92. The summed E-state index contributed by atoms with van der Waals surface area (Å²) in [5.74, 6) is -0.444. The SMILES string of the molecule is CC(C)(O)CN1CCN(C(=O)CCC(F)(F)F)CC1. The van der Waals surface area contributed by atoms with E-state index in [0.29, 0.717) is 32.7 Å². The zero-order valence-corrected chi connectivity index (χ0v) is 11.3. The molecule has 1 heterocycles. The number of aliphatic hydroxyl groups is 1. The van der Waals surface area contributed by atoms with E-state index in [4.69, 9.17) is 0 Å². The summed E-state index contributed by atoms with van der Waals surface area (Å²) in [5, 5.41) is 9.67. The highest BCUT2D eigenvalue weighted by Crippen LogP contribution is 2.22. The van der Waals surface area contributed by atoms with Crippen molar-refractivity contribution in [3.05, 3.63) is 0 Å². The third-order valence-corrected chi connectivity index (χ3v) is 2.96. The van der Waals surface area contributed by atoms with Gasteiger partial charge in [-0.1, -0.05) is 0 Å². The van der Waals surface area contributed by atoms with Crippen LogP contribution in [0.15, 0.2) is 0 Å². The van der Waals surface area contributed by atoms with E-state index < -0.39 is 30.5 Å². The Hall–Kier alpha value is -0.820. The summed E-state index contributed by atoms with van der Waals surface area (Å²) in [5.41, 5.74) is -0.803. The van der Waals surface area contributed by atoms with Crippen LogP contribution in [0.3, 0.4) is 0 Å². The van der Waals surface area contributed by atoms with Crippen LogP contribution in [0.4, 0.5) is 13.2 Å². The van der Waals surface area contributed by atoms with Gasteiger partial charge >= 0.3 is 6.18 Å². The molecule has 1 aliphatic rings. The molecular weight excluding hydrogens is 261 g/mol. The second-order valence-electron chi connectivity index (χ2n) is 5.58. The van der Waals surface area contributed by atoms with Crippen molar-refractivity contribution < 1.29 is 23.1 Å². The van der Waals surface area contributed by atoms with Gasteiger partial charge in [-0.15, -0.1) is 0 Å². The maximum absolute atomic E-state index is 12.0. The van der Waals surface area contributed by atoms with Gasteiger partial charge in [0.05, 0.1) is 12.0 Å². The molecule has 0 spiro atoms. The summed E-state index contributed by atoms with van der Waals surface area (Å²) in [7, 11) is 0. The van der Waals surface area contributed by atoms with Crippen LogP contribution in [-0.2, 0) is 4.79 Å². The lowest BCUT2D eigenvalue weighted by Crippen LogP contribution is -2.52. The highest BCUT2D eigenvalue weighted by atomic mass is 19.4. The molecule has 0 saturated carbocycles. The van der Waals surface area contributed by atoms with Crippen molar-refractivity contribution in [3.8, 4) is 0 Å². The smallest absolute Gasteiger partial charge is 0.389 e. The molecule has 0 aromatic carbocycles. The largest absolute Gasteiger partial charge is 0.389 e. The molecule has 0 aliphatic carbocycles. The third-order valence-electron chi connectivity index (χ3n) is 2.96. The zero-order chi connectivity index (χ0) is 14.7. The van der Waals surface area contributed by atoms with Crippen LogP contribution in [0.25, 0.3) is 0 Å². The van der Waals surface area contributed by atoms with E-state index >= 15 is 0 Å². The number of carbonyl (C=O) groups is 1. The van der Waals surface area contributed by atoms with E-state index in [1.54, 1.807) is 13.8 Å². The molecule has 0 unspecified atom stereocenters. The quantitative estimate of drug-likeness (QED) is 0.844. The first-order chi connectivity index (χ1) is 8.57. The molecule has 0 bridgehead atoms. The van der Waals surface area contributed by atoms with Crippen LogP contribution in [0.5, 0.6) is 0 Å². The van der Waals surface area contributed by atoms with E-state index in [0.717, 1.165) is 0 Å². The van der Waals surface area contributed by atoms with E-state index in [2.05, 4.69) is 0 Å². The number of halogens is 3. The van der Waals surface area contributed by atoms with Crippen molar-refractivity contribution in [2.24, 2.45) is 0 Å². The Morgan fingerprint density at radius 1 is 1.16 bits per heavy atom. The van der Waals surface area contributed by atoms with Gasteiger partial charge in [0, 0.05) is 39.1 Å². The van der Waals surface area contributed by atoms with E-state index in [1.165, 1.54) is 4.90 Å². The second-order valence-corrected chi connectivity index (χ2v) is 5.58. The lowest BCUT2D eigenvalue weighted by Gasteiger charge is -2.37. The highest BCUT2D eigenvalue weighted by molar-refractivity contribution is 5.76. The standard InChI is InChI=1S/C12H21F3N2O2/c1-11(2,19)9-16-5-7-17(8-6-16)10(18)3-4-12(13,14)15/h19H,3-9H2,1-2H3. The van der Waals surface area contributed by atoms with Crippen molar-refractivity contribution in [1.82, 2.24) is 9.80 Å². The molecule has 1 N–H and O–H groups in total. The predicted molar refractivity (Wildman–Crippen MR) is 64.6 cm³/mol. The molecule has 112 valence electrons. The van der Waals surface area contributed by atoms with Crippen LogP contribution in [-0.4, -0.2) is 65.3 Å². The van der Waals surface area contributed by atoms with Crippen LogP contribution in [0.1, 0.15) is 26.7 Å². The first kappa shape index (κ1) is 16.2. The number of rotatable bonds is 4. The van der Waals surface area contributed by atoms with Crippen molar-refractivity contribution in [3.63, 3.8) is 0 Å². The Kier molecular flexibility index (Phi) is 5.20. The van der Waals surface area contributed by atoms with Gasteiger partial charge in [-0.3, -0.25) is 9.69 Å². The van der Waals surface area contributed by atoms with Crippen LogP contribution >= 0.6 is 0 Å². The minimum atomic E-state index is -4.28. The molecule has 0 atom stereocenters. The number of nitrogens with zero attached hydrogens (tertiary/aromatic N) is 2. The van der Waals surface area contributed by atoms with Gasteiger partial charge in [-0.05, 0) is 13.8 Å². The minimum absolute atomic E-state index is 0.423. The first-order valence-corrected chi connectivity index (χ1v) is 6.36. The Bertz CT molecular complexity index is 305. The van der Waals surface area contributed by atoms with Gasteiger partial charge in [-0.2, -0.15) is 13.2 Å². The van der Waals surface area contributed by atoms with Gasteiger partial charge in [-0.25, -0.2) is 0 Å². The molecule has 1 rings (SSSR count). The van der Waals surface area contributed by atoms with E-state index in [-0.39, 0.29) is 0 Å². The summed E-state index contributed by atoms with van der Waals surface area (Å²) in [6.07, 6.45) is -5.82. The molecule has 19 heavy (non-hydrogen) atoms. The Morgan fingerprint density at radius 3 is 2.11 bits per heavy atom. The summed E-state index contributed by atoms with van der Waals surface area (Å²) < 4.78 is 36.1. The molecule has 1 fully saturated rings. The molecular formula is C12H21F3N2O2. The Labute approximate surface area is 111 Å². The normalized spacial score (nSPS) is 18.7. The molecule has 7 heteroatoms. The highest BCUT2D eigenvalue weighted by Gasteiger charge is 2.30. The Morgan fingerprint density at radius 2 is 1.68 bits per heavy atom. The molecule has 0 radical (unpaired) electrons. The zero-order valence-electron chi connectivity index (χ0n) is 11.3. The number of hydrogen-bond acceptors (Lipinski definition) is 3. The number of carbonyl (C=O) groups excluding carboxylic acids is 1. The van der Waals surface area contributed by atoms with Gasteiger partial charge in [0.25, 0.3) is 0 Å². The first-order valence-electron chi connectivity index (χ1n) is 6.36. The lowest BCUT2D eigenvalue weighted by molar-refractivity contribution is -0.150. The maximum Gasteiger partial charge on any atom is 0.389 e. The van der Waals surface area contributed by atoms with Gasteiger partial charge in [0.2, 0.25) is 5.91 Å². The predicted octanol–water partition coefficient (Wildman–Crippen LogP) is 1.24. The topological polar surface area (TPSA) is 43.8 Å². The van der Waals surface area contributed by atoms with Crippen molar-refractivity contribution >= 4 is 5.91 Å². The maximum atomic E-state index is 12.0. The molecule has 1 aliphatic heterocycles. The number of alkyl halides is 3. The number of hydrogen-bond donors (Lipinski definition) is 1. The number of amides is 1. The number of piperazine rings is 1. The van der Waals surface area contributed by atoms with Gasteiger partial charge in [0.15, 0.2) is 0 Å². The summed E-state index contributed by atoms with van der Waals surface area (Å²) >= 11 is 0. The van der Waals surface area contributed by atoms with Gasteiger partial charge < -0.3 is 10.0 Å². The van der Waals surface area contributed by atoms with Crippen molar-refractivity contribution in [2.45, 2.75) is 38.5 Å². The second kappa shape index (κ2) is 6.09. The molecule has 4 nitrogen and oxygen atoms in total.